The molecule has 0 aliphatic carbocycles. The number of rotatable bonds is 3. The van der Waals surface area contributed by atoms with Crippen molar-refractivity contribution in [2.75, 3.05) is 6.54 Å². The zero-order valence-electron chi connectivity index (χ0n) is 14.0. The van der Waals surface area contributed by atoms with Crippen LogP contribution in [0.5, 0.6) is 0 Å². The van der Waals surface area contributed by atoms with Crippen LogP contribution < -0.4 is 0 Å². The van der Waals surface area contributed by atoms with Crippen LogP contribution in [0.25, 0.3) is 10.8 Å². The van der Waals surface area contributed by atoms with Gasteiger partial charge in [0.2, 0.25) is 5.91 Å². The Morgan fingerprint density at radius 3 is 2.48 bits per heavy atom. The van der Waals surface area contributed by atoms with Crippen molar-refractivity contribution in [1.29, 1.82) is 0 Å². The first kappa shape index (κ1) is 15.9. The number of carbonyl (C=O) groups excluding carboxylic acids is 1. The number of hydroxylamine groups is 2. The van der Waals surface area contributed by atoms with Crippen LogP contribution in [0, 0.1) is 5.92 Å². The molecule has 25 heavy (non-hydrogen) atoms. The topological polar surface area (TPSA) is 40.5 Å². The lowest BCUT2D eigenvalue weighted by Crippen LogP contribution is -2.43. The summed E-state index contributed by atoms with van der Waals surface area (Å²) in [4.78, 5) is 12.7. The lowest BCUT2D eigenvalue weighted by molar-refractivity contribution is -0.177. The van der Waals surface area contributed by atoms with Crippen LogP contribution >= 0.6 is 0 Å². The van der Waals surface area contributed by atoms with E-state index in [4.69, 9.17) is 0 Å². The largest absolute Gasteiger partial charge is 0.286 e. The molecule has 2 atom stereocenters. The van der Waals surface area contributed by atoms with E-state index in [1.54, 1.807) is 0 Å². The van der Waals surface area contributed by atoms with Gasteiger partial charge in [0, 0.05) is 6.54 Å². The number of carbonyl (C=O) groups is 1. The summed E-state index contributed by atoms with van der Waals surface area (Å²) < 4.78 is 0. The standard InChI is InChI=1S/C22H21NO2/c24-22-21(15-18-11-6-10-16-9-4-5-12-19(16)18)20(13-14-23(22)25)17-7-2-1-3-8-17/h1-12,20-21,25H,13-15H2. The molecule has 0 aromatic heterocycles. The van der Waals surface area contributed by atoms with E-state index in [1.165, 1.54) is 16.3 Å². The van der Waals surface area contributed by atoms with Crippen LogP contribution in [-0.2, 0) is 11.2 Å². The highest BCUT2D eigenvalue weighted by Gasteiger charge is 2.37. The minimum atomic E-state index is -0.244. The fourth-order valence-corrected chi connectivity index (χ4v) is 3.97. The maximum atomic E-state index is 12.7. The van der Waals surface area contributed by atoms with Gasteiger partial charge in [0.1, 0.15) is 0 Å². The molecule has 3 heteroatoms. The zero-order chi connectivity index (χ0) is 17.2. The van der Waals surface area contributed by atoms with Gasteiger partial charge in [-0.05, 0) is 40.7 Å². The first-order chi connectivity index (χ1) is 12.2. The average Bonchev–Trinajstić information content (AvgIpc) is 2.66. The monoisotopic (exact) mass is 331 g/mol. The fourth-order valence-electron chi connectivity index (χ4n) is 3.97. The van der Waals surface area contributed by atoms with Gasteiger partial charge in [0.15, 0.2) is 0 Å². The summed E-state index contributed by atoms with van der Waals surface area (Å²) in [5.74, 6) is -0.281. The van der Waals surface area contributed by atoms with Crippen LogP contribution in [0.1, 0.15) is 23.5 Å². The number of fused-ring (bicyclic) bond motifs is 1. The van der Waals surface area contributed by atoms with Crippen molar-refractivity contribution in [2.45, 2.75) is 18.8 Å². The van der Waals surface area contributed by atoms with Gasteiger partial charge in [0.25, 0.3) is 0 Å². The Morgan fingerprint density at radius 2 is 1.64 bits per heavy atom. The molecule has 1 heterocycles. The molecule has 1 amide bonds. The highest BCUT2D eigenvalue weighted by Crippen LogP contribution is 2.36. The predicted molar refractivity (Wildman–Crippen MR) is 98.4 cm³/mol. The highest BCUT2D eigenvalue weighted by atomic mass is 16.5. The second kappa shape index (κ2) is 6.69. The molecular formula is C22H21NO2. The van der Waals surface area contributed by atoms with Gasteiger partial charge in [-0.3, -0.25) is 10.0 Å². The summed E-state index contributed by atoms with van der Waals surface area (Å²) in [6.07, 6.45) is 1.42. The predicted octanol–water partition coefficient (Wildman–Crippen LogP) is 4.40. The Morgan fingerprint density at radius 1 is 0.920 bits per heavy atom. The van der Waals surface area contributed by atoms with Gasteiger partial charge in [-0.15, -0.1) is 0 Å². The summed E-state index contributed by atoms with van der Waals surface area (Å²) in [6, 6.07) is 24.7. The first-order valence-electron chi connectivity index (χ1n) is 8.76. The zero-order valence-corrected chi connectivity index (χ0v) is 14.0. The molecule has 1 fully saturated rings. The van der Waals surface area contributed by atoms with E-state index in [9.17, 15) is 10.0 Å². The second-order valence-corrected chi connectivity index (χ2v) is 6.72. The van der Waals surface area contributed by atoms with Crippen molar-refractivity contribution in [3.63, 3.8) is 0 Å². The Hall–Kier alpha value is -2.65. The number of benzene rings is 3. The van der Waals surface area contributed by atoms with Crippen molar-refractivity contribution in [3.8, 4) is 0 Å². The molecule has 2 unspecified atom stereocenters. The Labute approximate surface area is 147 Å². The molecule has 1 aliphatic heterocycles. The lowest BCUT2D eigenvalue weighted by Gasteiger charge is -2.35. The molecular weight excluding hydrogens is 310 g/mol. The molecule has 0 radical (unpaired) electrons. The molecule has 0 bridgehead atoms. The molecule has 1 saturated heterocycles. The fraction of sp³-hybridized carbons (Fsp3) is 0.227. The molecule has 3 aromatic rings. The molecule has 0 saturated carbocycles. The van der Waals surface area contributed by atoms with Gasteiger partial charge < -0.3 is 0 Å². The van der Waals surface area contributed by atoms with E-state index >= 15 is 0 Å². The van der Waals surface area contributed by atoms with E-state index in [0.717, 1.165) is 17.0 Å². The van der Waals surface area contributed by atoms with Crippen molar-refractivity contribution >= 4 is 16.7 Å². The van der Waals surface area contributed by atoms with Gasteiger partial charge in [-0.1, -0.05) is 72.8 Å². The molecule has 1 N–H and O–H groups in total. The first-order valence-corrected chi connectivity index (χ1v) is 8.76. The van der Waals surface area contributed by atoms with Crippen LogP contribution in [-0.4, -0.2) is 22.7 Å². The summed E-state index contributed by atoms with van der Waals surface area (Å²) >= 11 is 0. The van der Waals surface area contributed by atoms with Crippen LogP contribution in [0.4, 0.5) is 0 Å². The van der Waals surface area contributed by atoms with Crippen molar-refractivity contribution < 1.29 is 10.0 Å². The third kappa shape index (κ3) is 3.03. The number of hydrogen-bond acceptors (Lipinski definition) is 2. The van der Waals surface area contributed by atoms with E-state index < -0.39 is 0 Å². The van der Waals surface area contributed by atoms with Crippen LogP contribution in [0.2, 0.25) is 0 Å². The number of piperidine rings is 1. The van der Waals surface area contributed by atoms with Gasteiger partial charge >= 0.3 is 0 Å². The van der Waals surface area contributed by atoms with E-state index in [1.807, 2.05) is 36.4 Å². The quantitative estimate of drug-likeness (QED) is 0.723. The summed E-state index contributed by atoms with van der Waals surface area (Å²) in [5, 5.41) is 13.2. The molecule has 1 aliphatic rings. The Kier molecular flexibility index (Phi) is 4.24. The summed E-state index contributed by atoms with van der Waals surface area (Å²) in [6.45, 7) is 0.393. The van der Waals surface area contributed by atoms with Crippen LogP contribution in [0.3, 0.4) is 0 Å². The van der Waals surface area contributed by atoms with E-state index in [2.05, 4.69) is 36.4 Å². The maximum absolute atomic E-state index is 12.7. The van der Waals surface area contributed by atoms with Crippen molar-refractivity contribution in [2.24, 2.45) is 5.92 Å². The smallest absolute Gasteiger partial charge is 0.249 e. The van der Waals surface area contributed by atoms with Gasteiger partial charge in [0.05, 0.1) is 5.92 Å². The second-order valence-electron chi connectivity index (χ2n) is 6.72. The van der Waals surface area contributed by atoms with Crippen LogP contribution in [0.15, 0.2) is 72.8 Å². The van der Waals surface area contributed by atoms with Crippen molar-refractivity contribution in [3.05, 3.63) is 83.9 Å². The molecule has 0 spiro atoms. The van der Waals surface area contributed by atoms with Gasteiger partial charge in [-0.2, -0.15) is 0 Å². The molecule has 126 valence electrons. The Balaban J connectivity index is 1.72. The molecule has 3 aromatic carbocycles. The van der Waals surface area contributed by atoms with Gasteiger partial charge in [-0.25, -0.2) is 5.06 Å². The van der Waals surface area contributed by atoms with E-state index in [-0.39, 0.29) is 17.7 Å². The SMILES string of the molecule is O=C1C(Cc2cccc3ccccc23)C(c2ccccc2)CCN1O. The minimum Gasteiger partial charge on any atom is -0.286 e. The normalized spacial score (nSPS) is 20.8. The number of amides is 1. The summed E-state index contributed by atoms with van der Waals surface area (Å²) in [5.41, 5.74) is 2.34. The average molecular weight is 331 g/mol. The number of nitrogens with zero attached hydrogens (tertiary/aromatic N) is 1. The summed E-state index contributed by atoms with van der Waals surface area (Å²) in [7, 11) is 0. The van der Waals surface area contributed by atoms with E-state index in [0.29, 0.717) is 13.0 Å². The molecule has 3 nitrogen and oxygen atoms in total. The lowest BCUT2D eigenvalue weighted by atomic mass is 9.77. The number of hydrogen-bond donors (Lipinski definition) is 1. The Bertz CT molecular complexity index is 885. The third-order valence-corrected chi connectivity index (χ3v) is 5.26. The molecule has 4 rings (SSSR count). The highest BCUT2D eigenvalue weighted by molar-refractivity contribution is 5.87. The third-order valence-electron chi connectivity index (χ3n) is 5.26. The minimum absolute atomic E-state index is 0.135. The van der Waals surface area contributed by atoms with Crippen molar-refractivity contribution in [1.82, 2.24) is 5.06 Å². The maximum Gasteiger partial charge on any atom is 0.249 e.